The molecule has 8 heteroatoms. The Morgan fingerprint density at radius 3 is 2.84 bits per heavy atom. The number of aromatic nitrogens is 3. The van der Waals surface area contributed by atoms with Gasteiger partial charge in [0.05, 0.1) is 30.6 Å². The summed E-state index contributed by atoms with van der Waals surface area (Å²) in [4.78, 5) is 7.31. The smallest absolute Gasteiger partial charge is 0.137 e. The standard InChI is InChI=1S/C24H27FN6O/c1-30-13-16(12-28-30)18-6-7-20(29-24(18)31-9-8-17(26)14-31)21-10-15(11-27-21)23-19(25)4-3-5-22(23)32-2/h3-7,11-13,17,21,27H,8-10,14,26H2,1-2H3/t17-,21?/m0/s1. The van der Waals surface area contributed by atoms with Gasteiger partial charge in [0.2, 0.25) is 0 Å². The van der Waals surface area contributed by atoms with E-state index in [0.717, 1.165) is 47.7 Å². The Hall–Kier alpha value is -3.39. The second-order valence-corrected chi connectivity index (χ2v) is 8.41. The van der Waals surface area contributed by atoms with Gasteiger partial charge in [-0.15, -0.1) is 0 Å². The molecule has 0 spiro atoms. The Morgan fingerprint density at radius 2 is 2.12 bits per heavy atom. The zero-order valence-corrected chi connectivity index (χ0v) is 18.3. The van der Waals surface area contributed by atoms with Crippen molar-refractivity contribution in [2.24, 2.45) is 12.8 Å². The molecule has 0 aliphatic carbocycles. The summed E-state index contributed by atoms with van der Waals surface area (Å²) in [6.07, 6.45) is 7.28. The maximum Gasteiger partial charge on any atom is 0.137 e. The van der Waals surface area contributed by atoms with E-state index in [0.29, 0.717) is 17.7 Å². The summed E-state index contributed by atoms with van der Waals surface area (Å²) in [5, 5.41) is 7.70. The maximum absolute atomic E-state index is 14.6. The van der Waals surface area contributed by atoms with Gasteiger partial charge in [0, 0.05) is 56.1 Å². The molecule has 0 saturated carbocycles. The van der Waals surface area contributed by atoms with Gasteiger partial charge in [-0.3, -0.25) is 4.68 Å². The van der Waals surface area contributed by atoms with Crippen LogP contribution in [-0.4, -0.2) is 41.0 Å². The number of hydrogen-bond donors (Lipinski definition) is 2. The van der Waals surface area contributed by atoms with E-state index in [1.807, 2.05) is 31.7 Å². The van der Waals surface area contributed by atoms with Gasteiger partial charge < -0.3 is 20.7 Å². The summed E-state index contributed by atoms with van der Waals surface area (Å²) >= 11 is 0. The molecule has 7 nitrogen and oxygen atoms in total. The lowest BCUT2D eigenvalue weighted by Gasteiger charge is -2.22. The molecule has 1 fully saturated rings. The first-order valence-corrected chi connectivity index (χ1v) is 10.8. The summed E-state index contributed by atoms with van der Waals surface area (Å²) < 4.78 is 21.8. The Labute approximate surface area is 186 Å². The van der Waals surface area contributed by atoms with Gasteiger partial charge in [-0.05, 0) is 36.3 Å². The quantitative estimate of drug-likeness (QED) is 0.642. The minimum atomic E-state index is -0.287. The van der Waals surface area contributed by atoms with E-state index in [2.05, 4.69) is 21.4 Å². The number of ether oxygens (including phenoxy) is 1. The highest BCUT2D eigenvalue weighted by Crippen LogP contribution is 2.39. The number of nitrogens with one attached hydrogen (secondary N) is 1. The second kappa shape index (κ2) is 8.27. The summed E-state index contributed by atoms with van der Waals surface area (Å²) in [7, 11) is 3.47. The van der Waals surface area contributed by atoms with Crippen LogP contribution < -0.4 is 20.7 Å². The Kier molecular flexibility index (Phi) is 5.30. The lowest BCUT2D eigenvalue weighted by molar-refractivity contribution is 0.409. The lowest BCUT2D eigenvalue weighted by atomic mass is 9.98. The third kappa shape index (κ3) is 3.71. The molecule has 2 aromatic heterocycles. The molecule has 4 heterocycles. The largest absolute Gasteiger partial charge is 0.496 e. The lowest BCUT2D eigenvalue weighted by Crippen LogP contribution is -2.27. The van der Waals surface area contributed by atoms with Crippen LogP contribution in [0.4, 0.5) is 10.2 Å². The Bertz CT molecular complexity index is 1170. The van der Waals surface area contributed by atoms with Crippen molar-refractivity contribution in [1.82, 2.24) is 20.1 Å². The third-order valence-electron chi connectivity index (χ3n) is 6.19. The van der Waals surface area contributed by atoms with Crippen LogP contribution in [0.3, 0.4) is 0 Å². The van der Waals surface area contributed by atoms with Gasteiger partial charge in [-0.1, -0.05) is 6.07 Å². The molecule has 1 unspecified atom stereocenters. The van der Waals surface area contributed by atoms with E-state index in [9.17, 15) is 4.39 Å². The third-order valence-corrected chi connectivity index (χ3v) is 6.19. The number of methoxy groups -OCH3 is 1. The number of rotatable bonds is 5. The van der Waals surface area contributed by atoms with Crippen LogP contribution in [0.15, 0.2) is 48.9 Å². The number of benzene rings is 1. The van der Waals surface area contributed by atoms with Crippen molar-refractivity contribution in [2.75, 3.05) is 25.1 Å². The zero-order chi connectivity index (χ0) is 22.2. The van der Waals surface area contributed by atoms with Gasteiger partial charge in [-0.2, -0.15) is 5.10 Å². The summed E-state index contributed by atoms with van der Waals surface area (Å²) in [6.45, 7) is 1.65. The Morgan fingerprint density at radius 1 is 1.25 bits per heavy atom. The van der Waals surface area contributed by atoms with E-state index in [1.54, 1.807) is 23.9 Å². The molecular formula is C24H27FN6O. The highest BCUT2D eigenvalue weighted by atomic mass is 19.1. The van der Waals surface area contributed by atoms with Crippen molar-refractivity contribution in [3.05, 3.63) is 66.0 Å². The van der Waals surface area contributed by atoms with Gasteiger partial charge in [0.1, 0.15) is 17.4 Å². The van der Waals surface area contributed by atoms with Crippen LogP contribution in [0.25, 0.3) is 16.7 Å². The first kappa shape index (κ1) is 20.5. The molecule has 0 radical (unpaired) electrons. The van der Waals surface area contributed by atoms with Crippen LogP contribution in [0.2, 0.25) is 0 Å². The molecule has 0 bridgehead atoms. The fourth-order valence-electron chi connectivity index (χ4n) is 4.55. The zero-order valence-electron chi connectivity index (χ0n) is 18.3. The average Bonchev–Trinajstić information content (AvgIpc) is 3.54. The van der Waals surface area contributed by atoms with Crippen LogP contribution in [0, 0.1) is 5.82 Å². The predicted octanol–water partition coefficient (Wildman–Crippen LogP) is 3.24. The molecule has 1 aromatic carbocycles. The number of aryl methyl sites for hydroxylation is 1. The van der Waals surface area contributed by atoms with Crippen molar-refractivity contribution >= 4 is 11.4 Å². The van der Waals surface area contributed by atoms with Crippen molar-refractivity contribution < 1.29 is 9.13 Å². The number of nitrogens with zero attached hydrogens (tertiary/aromatic N) is 4. The highest BCUT2D eigenvalue weighted by molar-refractivity contribution is 5.76. The van der Waals surface area contributed by atoms with E-state index < -0.39 is 0 Å². The molecule has 3 aromatic rings. The number of hydrogen-bond acceptors (Lipinski definition) is 6. The van der Waals surface area contributed by atoms with Gasteiger partial charge in [0.15, 0.2) is 0 Å². The molecule has 2 atom stereocenters. The van der Waals surface area contributed by atoms with E-state index in [4.69, 9.17) is 15.5 Å². The maximum atomic E-state index is 14.6. The molecule has 3 N–H and O–H groups in total. The number of pyridine rings is 1. The Balaban J connectivity index is 1.46. The van der Waals surface area contributed by atoms with Crippen LogP contribution >= 0.6 is 0 Å². The molecule has 0 amide bonds. The first-order valence-electron chi connectivity index (χ1n) is 10.8. The van der Waals surface area contributed by atoms with Crippen LogP contribution in [-0.2, 0) is 7.05 Å². The molecule has 2 aliphatic rings. The second-order valence-electron chi connectivity index (χ2n) is 8.41. The summed E-state index contributed by atoms with van der Waals surface area (Å²) in [5.41, 5.74) is 10.5. The molecule has 5 rings (SSSR count). The van der Waals surface area contributed by atoms with Crippen molar-refractivity contribution in [1.29, 1.82) is 0 Å². The van der Waals surface area contributed by atoms with Crippen molar-refractivity contribution in [3.8, 4) is 16.9 Å². The van der Waals surface area contributed by atoms with Crippen LogP contribution in [0.1, 0.15) is 30.1 Å². The van der Waals surface area contributed by atoms with E-state index >= 15 is 0 Å². The normalized spacial score (nSPS) is 20.4. The van der Waals surface area contributed by atoms with Gasteiger partial charge in [-0.25, -0.2) is 9.37 Å². The topological polar surface area (TPSA) is 81.2 Å². The predicted molar refractivity (Wildman–Crippen MR) is 123 cm³/mol. The average molecular weight is 435 g/mol. The number of halogens is 1. The van der Waals surface area contributed by atoms with Crippen molar-refractivity contribution in [3.63, 3.8) is 0 Å². The molecule has 2 aliphatic heterocycles. The summed E-state index contributed by atoms with van der Waals surface area (Å²) in [6, 6.07) is 9.13. The molecule has 32 heavy (non-hydrogen) atoms. The minimum absolute atomic E-state index is 0.0488. The minimum Gasteiger partial charge on any atom is -0.496 e. The van der Waals surface area contributed by atoms with Gasteiger partial charge in [0.25, 0.3) is 0 Å². The molecule has 1 saturated heterocycles. The fourth-order valence-corrected chi connectivity index (χ4v) is 4.55. The van der Waals surface area contributed by atoms with Gasteiger partial charge >= 0.3 is 0 Å². The molecule has 166 valence electrons. The SMILES string of the molecule is COc1cccc(F)c1C1=CNC(c2ccc(-c3cnn(C)c3)c(N3CC[C@H](N)C3)n2)C1. The first-order chi connectivity index (χ1) is 15.5. The van der Waals surface area contributed by atoms with E-state index in [1.165, 1.54) is 6.07 Å². The summed E-state index contributed by atoms with van der Waals surface area (Å²) in [5.74, 6) is 1.16. The molecular weight excluding hydrogens is 407 g/mol. The highest BCUT2D eigenvalue weighted by Gasteiger charge is 2.28. The van der Waals surface area contributed by atoms with E-state index in [-0.39, 0.29) is 17.9 Å². The van der Waals surface area contributed by atoms with Crippen LogP contribution in [0.5, 0.6) is 5.75 Å². The fraction of sp³-hybridized carbons (Fsp3) is 0.333. The monoisotopic (exact) mass is 434 g/mol. The number of nitrogens with two attached hydrogens (primary N) is 1. The number of anilines is 1. The van der Waals surface area contributed by atoms with Crippen molar-refractivity contribution in [2.45, 2.75) is 24.9 Å².